The highest BCUT2D eigenvalue weighted by atomic mass is 16.5. The standard InChI is InChI=1S/C19H27N3O3/c1-14(23)21(2)15-7-10-22(11-8-15)12-16(24)13-25-19-5-3-4-18-17(19)6-9-20-18/h3-6,9,15-16,20,24H,7-8,10-13H2,1-2H3. The molecule has 2 heterocycles. The highest BCUT2D eigenvalue weighted by Crippen LogP contribution is 2.24. The number of nitrogens with zero attached hydrogens (tertiary/aromatic N) is 2. The maximum absolute atomic E-state index is 11.4. The van der Waals surface area contributed by atoms with Gasteiger partial charge in [-0.05, 0) is 31.0 Å². The largest absolute Gasteiger partial charge is 0.490 e. The summed E-state index contributed by atoms with van der Waals surface area (Å²) >= 11 is 0. The first kappa shape index (κ1) is 17.8. The van der Waals surface area contributed by atoms with Gasteiger partial charge in [-0.1, -0.05) is 6.07 Å². The van der Waals surface area contributed by atoms with E-state index in [1.54, 1.807) is 6.92 Å². The molecule has 1 amide bonds. The van der Waals surface area contributed by atoms with Crippen molar-refractivity contribution in [2.75, 3.05) is 33.3 Å². The Bertz CT molecular complexity index is 707. The summed E-state index contributed by atoms with van der Waals surface area (Å²) in [7, 11) is 1.87. The Kier molecular flexibility index (Phi) is 5.60. The summed E-state index contributed by atoms with van der Waals surface area (Å²) in [4.78, 5) is 18.7. The minimum atomic E-state index is -0.531. The summed E-state index contributed by atoms with van der Waals surface area (Å²) in [6.07, 6.45) is 3.26. The average molecular weight is 345 g/mol. The molecule has 0 spiro atoms. The van der Waals surface area contributed by atoms with Crippen LogP contribution in [0.5, 0.6) is 5.75 Å². The third kappa shape index (κ3) is 4.32. The Labute approximate surface area is 148 Å². The molecular formula is C19H27N3O3. The summed E-state index contributed by atoms with van der Waals surface area (Å²) in [6, 6.07) is 8.16. The fraction of sp³-hybridized carbons (Fsp3) is 0.526. The van der Waals surface area contributed by atoms with E-state index in [1.807, 2.05) is 42.4 Å². The van der Waals surface area contributed by atoms with Crippen LogP contribution in [0.4, 0.5) is 0 Å². The number of aliphatic hydroxyl groups is 1. The number of piperidine rings is 1. The molecule has 25 heavy (non-hydrogen) atoms. The third-order valence-electron chi connectivity index (χ3n) is 5.06. The maximum atomic E-state index is 11.4. The molecule has 0 radical (unpaired) electrons. The number of aliphatic hydroxyl groups excluding tert-OH is 1. The van der Waals surface area contributed by atoms with Crippen LogP contribution in [0.3, 0.4) is 0 Å². The van der Waals surface area contributed by atoms with Gasteiger partial charge in [0, 0.05) is 56.7 Å². The van der Waals surface area contributed by atoms with Crippen molar-refractivity contribution in [1.29, 1.82) is 0 Å². The zero-order valence-electron chi connectivity index (χ0n) is 14.9. The lowest BCUT2D eigenvalue weighted by Crippen LogP contribution is -2.47. The molecule has 2 N–H and O–H groups in total. The number of aromatic amines is 1. The number of fused-ring (bicyclic) bond motifs is 1. The summed E-state index contributed by atoms with van der Waals surface area (Å²) in [6.45, 7) is 4.27. The van der Waals surface area contributed by atoms with Gasteiger partial charge in [0.2, 0.25) is 5.91 Å². The van der Waals surface area contributed by atoms with Crippen LogP contribution in [0.15, 0.2) is 30.5 Å². The highest BCUT2D eigenvalue weighted by molar-refractivity contribution is 5.85. The number of nitrogens with one attached hydrogen (secondary N) is 1. The number of aromatic nitrogens is 1. The van der Waals surface area contributed by atoms with Crippen LogP contribution < -0.4 is 4.74 Å². The first-order chi connectivity index (χ1) is 12.0. The average Bonchev–Trinajstić information content (AvgIpc) is 3.09. The summed E-state index contributed by atoms with van der Waals surface area (Å²) < 4.78 is 5.82. The van der Waals surface area contributed by atoms with Gasteiger partial charge in [0.05, 0.1) is 0 Å². The molecule has 6 nitrogen and oxygen atoms in total. The van der Waals surface area contributed by atoms with E-state index in [4.69, 9.17) is 4.74 Å². The van der Waals surface area contributed by atoms with E-state index in [2.05, 4.69) is 9.88 Å². The van der Waals surface area contributed by atoms with Crippen molar-refractivity contribution in [1.82, 2.24) is 14.8 Å². The maximum Gasteiger partial charge on any atom is 0.219 e. The lowest BCUT2D eigenvalue weighted by molar-refractivity contribution is -0.130. The van der Waals surface area contributed by atoms with Gasteiger partial charge in [-0.15, -0.1) is 0 Å². The summed E-state index contributed by atoms with van der Waals surface area (Å²) in [5.74, 6) is 0.908. The second-order valence-corrected chi connectivity index (χ2v) is 6.82. The van der Waals surface area contributed by atoms with E-state index in [9.17, 15) is 9.90 Å². The molecule has 3 rings (SSSR count). The molecule has 2 aromatic rings. The number of amides is 1. The van der Waals surface area contributed by atoms with Gasteiger partial charge in [0.1, 0.15) is 18.5 Å². The van der Waals surface area contributed by atoms with Crippen LogP contribution >= 0.6 is 0 Å². The predicted molar refractivity (Wildman–Crippen MR) is 97.7 cm³/mol. The molecule has 136 valence electrons. The number of hydrogen-bond acceptors (Lipinski definition) is 4. The molecule has 6 heteroatoms. The predicted octanol–water partition coefficient (Wildman–Crippen LogP) is 1.85. The van der Waals surface area contributed by atoms with E-state index in [0.29, 0.717) is 12.6 Å². The number of benzene rings is 1. The lowest BCUT2D eigenvalue weighted by atomic mass is 10.0. The molecule has 0 bridgehead atoms. The second kappa shape index (κ2) is 7.89. The van der Waals surface area contributed by atoms with Gasteiger partial charge in [-0.3, -0.25) is 4.79 Å². The lowest BCUT2D eigenvalue weighted by Gasteiger charge is -2.37. The van der Waals surface area contributed by atoms with Crippen molar-refractivity contribution >= 4 is 16.8 Å². The quantitative estimate of drug-likeness (QED) is 0.838. The van der Waals surface area contributed by atoms with Gasteiger partial charge in [-0.25, -0.2) is 0 Å². The van der Waals surface area contributed by atoms with Crippen LogP contribution in [-0.4, -0.2) is 71.2 Å². The summed E-state index contributed by atoms with van der Waals surface area (Å²) in [5, 5.41) is 11.3. The van der Waals surface area contributed by atoms with Crippen LogP contribution in [0.1, 0.15) is 19.8 Å². The highest BCUT2D eigenvalue weighted by Gasteiger charge is 2.25. The smallest absolute Gasteiger partial charge is 0.219 e. The zero-order chi connectivity index (χ0) is 17.8. The summed E-state index contributed by atoms with van der Waals surface area (Å²) in [5.41, 5.74) is 1.03. The number of rotatable bonds is 6. The van der Waals surface area contributed by atoms with Crippen molar-refractivity contribution in [3.05, 3.63) is 30.5 Å². The zero-order valence-corrected chi connectivity index (χ0v) is 14.9. The van der Waals surface area contributed by atoms with Gasteiger partial charge < -0.3 is 24.6 Å². The number of likely N-dealkylation sites (tertiary alicyclic amines) is 1. The van der Waals surface area contributed by atoms with Crippen LogP contribution in [-0.2, 0) is 4.79 Å². The Morgan fingerprint density at radius 1 is 1.40 bits per heavy atom. The molecule has 1 fully saturated rings. The molecule has 0 saturated carbocycles. The molecule has 1 aliphatic heterocycles. The monoisotopic (exact) mass is 345 g/mol. The molecule has 0 aliphatic carbocycles. The van der Waals surface area contributed by atoms with Crippen LogP contribution in [0.25, 0.3) is 10.9 Å². The molecule has 1 saturated heterocycles. The van der Waals surface area contributed by atoms with Gasteiger partial charge >= 0.3 is 0 Å². The van der Waals surface area contributed by atoms with Gasteiger partial charge in [0.15, 0.2) is 0 Å². The van der Waals surface area contributed by atoms with Gasteiger partial charge in [-0.2, -0.15) is 0 Å². The fourth-order valence-electron chi connectivity index (χ4n) is 3.47. The van der Waals surface area contributed by atoms with Crippen molar-refractivity contribution in [2.24, 2.45) is 0 Å². The number of ether oxygens (including phenoxy) is 1. The number of H-pyrrole nitrogens is 1. The van der Waals surface area contributed by atoms with Crippen molar-refractivity contribution in [2.45, 2.75) is 31.9 Å². The van der Waals surface area contributed by atoms with E-state index < -0.39 is 6.10 Å². The van der Waals surface area contributed by atoms with Gasteiger partial charge in [0.25, 0.3) is 0 Å². The van der Waals surface area contributed by atoms with E-state index >= 15 is 0 Å². The molecule has 1 aromatic carbocycles. The molecule has 1 aromatic heterocycles. The third-order valence-corrected chi connectivity index (χ3v) is 5.06. The minimum absolute atomic E-state index is 0.116. The second-order valence-electron chi connectivity index (χ2n) is 6.82. The molecular weight excluding hydrogens is 318 g/mol. The number of hydrogen-bond donors (Lipinski definition) is 2. The Morgan fingerprint density at radius 2 is 2.16 bits per heavy atom. The Morgan fingerprint density at radius 3 is 2.88 bits per heavy atom. The minimum Gasteiger partial charge on any atom is -0.490 e. The van der Waals surface area contributed by atoms with Crippen molar-refractivity contribution in [3.8, 4) is 5.75 Å². The Hall–Kier alpha value is -2.05. The molecule has 1 unspecified atom stereocenters. The van der Waals surface area contributed by atoms with E-state index in [-0.39, 0.29) is 12.5 Å². The topological polar surface area (TPSA) is 68.8 Å². The molecule has 1 aliphatic rings. The first-order valence-electron chi connectivity index (χ1n) is 8.87. The SMILES string of the molecule is CC(=O)N(C)C1CCN(CC(O)COc2cccc3[nH]ccc23)CC1. The number of β-amino-alcohol motifs (C(OH)–C–C–N with tert-alkyl or cyclic N) is 1. The Balaban J connectivity index is 1.45. The number of carbonyl (C=O) groups is 1. The van der Waals surface area contributed by atoms with Crippen molar-refractivity contribution < 1.29 is 14.6 Å². The molecule has 1 atom stereocenters. The van der Waals surface area contributed by atoms with Crippen LogP contribution in [0.2, 0.25) is 0 Å². The van der Waals surface area contributed by atoms with Crippen molar-refractivity contribution in [3.63, 3.8) is 0 Å². The number of carbonyl (C=O) groups excluding carboxylic acids is 1. The van der Waals surface area contributed by atoms with E-state index in [1.165, 1.54) is 0 Å². The fourth-order valence-corrected chi connectivity index (χ4v) is 3.47. The first-order valence-corrected chi connectivity index (χ1v) is 8.87. The van der Waals surface area contributed by atoms with E-state index in [0.717, 1.165) is 42.6 Å². The van der Waals surface area contributed by atoms with Crippen LogP contribution in [0, 0.1) is 0 Å². The normalized spacial score (nSPS) is 17.6.